The van der Waals surface area contributed by atoms with Crippen LogP contribution >= 0.6 is 0 Å². The Morgan fingerprint density at radius 2 is 2.12 bits per heavy atom. The van der Waals surface area contributed by atoms with E-state index in [0.29, 0.717) is 0 Å². The predicted molar refractivity (Wildman–Crippen MR) is 63.3 cm³/mol. The Bertz CT molecular complexity index is 349. The van der Waals surface area contributed by atoms with Crippen LogP contribution in [-0.2, 0) is 4.74 Å². The zero-order valence-corrected chi connectivity index (χ0v) is 10.7. The minimum Gasteiger partial charge on any atom is -0.444 e. The Balaban J connectivity index is 1.89. The molecular weight excluding hydrogens is 220 g/mol. The van der Waals surface area contributed by atoms with E-state index < -0.39 is 5.60 Å². The third-order valence-electron chi connectivity index (χ3n) is 3.39. The number of amides is 1. The number of likely N-dealkylation sites (tertiary alicyclic amines) is 1. The highest BCUT2D eigenvalue weighted by molar-refractivity contribution is 5.91. The second-order valence-corrected chi connectivity index (χ2v) is 6.17. The van der Waals surface area contributed by atoms with Crippen LogP contribution in [0.4, 0.5) is 4.79 Å². The zero-order chi connectivity index (χ0) is 12.7. The molecule has 1 spiro atoms. The Hall–Kier alpha value is -1.26. The first kappa shape index (κ1) is 12.2. The number of hydrogen-bond acceptors (Lipinski definition) is 4. The lowest BCUT2D eigenvalue weighted by Crippen LogP contribution is -2.42. The number of rotatable bonds is 0. The highest BCUT2D eigenvalue weighted by atomic mass is 16.6. The molecule has 0 bridgehead atoms. The smallest absolute Gasteiger partial charge is 0.410 e. The van der Waals surface area contributed by atoms with E-state index in [9.17, 15) is 4.79 Å². The summed E-state index contributed by atoms with van der Waals surface area (Å²) in [4.78, 5) is 13.6. The van der Waals surface area contributed by atoms with Crippen molar-refractivity contribution in [1.82, 2.24) is 4.90 Å². The Morgan fingerprint density at radius 1 is 1.47 bits per heavy atom. The van der Waals surface area contributed by atoms with Crippen LogP contribution in [0.3, 0.4) is 0 Å². The van der Waals surface area contributed by atoms with E-state index >= 15 is 0 Å². The molecule has 0 unspecified atom stereocenters. The fraction of sp³-hybridized carbons (Fsp3) is 0.833. The average Bonchev–Trinajstić information content (AvgIpc) is 2.56. The third kappa shape index (κ3) is 2.53. The first-order valence-corrected chi connectivity index (χ1v) is 6.01. The van der Waals surface area contributed by atoms with Crippen molar-refractivity contribution < 1.29 is 14.7 Å². The number of carbonyl (C=O) groups is 1. The highest BCUT2D eigenvalue weighted by Gasteiger charge is 2.48. The van der Waals surface area contributed by atoms with Gasteiger partial charge in [0.2, 0.25) is 0 Å². The van der Waals surface area contributed by atoms with Crippen molar-refractivity contribution in [2.45, 2.75) is 45.6 Å². The van der Waals surface area contributed by atoms with Crippen LogP contribution in [0, 0.1) is 5.41 Å². The van der Waals surface area contributed by atoms with Crippen molar-refractivity contribution >= 4 is 11.8 Å². The van der Waals surface area contributed by atoms with Crippen molar-refractivity contribution in [3.05, 3.63) is 0 Å². The van der Waals surface area contributed by atoms with Gasteiger partial charge in [-0.15, -0.1) is 0 Å². The molecule has 96 valence electrons. The molecule has 0 aromatic carbocycles. The van der Waals surface area contributed by atoms with Gasteiger partial charge in [0.05, 0.1) is 5.71 Å². The van der Waals surface area contributed by atoms with E-state index in [4.69, 9.17) is 9.94 Å². The minimum atomic E-state index is -0.440. The molecule has 0 radical (unpaired) electrons. The maximum atomic E-state index is 11.9. The SMILES string of the molecule is CC(C)(C)OC(=O)N1CCC2(CC(=NO)C2)C1. The molecule has 2 aliphatic rings. The summed E-state index contributed by atoms with van der Waals surface area (Å²) in [5, 5.41) is 11.9. The first-order chi connectivity index (χ1) is 7.84. The van der Waals surface area contributed by atoms with Crippen LogP contribution in [0.5, 0.6) is 0 Å². The van der Waals surface area contributed by atoms with E-state index in [-0.39, 0.29) is 11.5 Å². The van der Waals surface area contributed by atoms with Crippen molar-refractivity contribution in [2.24, 2.45) is 10.6 Å². The monoisotopic (exact) mass is 240 g/mol. The van der Waals surface area contributed by atoms with Crippen LogP contribution < -0.4 is 0 Å². The van der Waals surface area contributed by atoms with Gasteiger partial charge in [-0.2, -0.15) is 0 Å². The summed E-state index contributed by atoms with van der Waals surface area (Å²) >= 11 is 0. The van der Waals surface area contributed by atoms with E-state index in [0.717, 1.165) is 38.1 Å². The number of oxime groups is 1. The largest absolute Gasteiger partial charge is 0.444 e. The van der Waals surface area contributed by atoms with Crippen LogP contribution in [0.1, 0.15) is 40.0 Å². The molecule has 0 aromatic rings. The molecule has 1 heterocycles. The molecule has 1 saturated heterocycles. The van der Waals surface area contributed by atoms with E-state index in [2.05, 4.69) is 5.16 Å². The summed E-state index contributed by atoms with van der Waals surface area (Å²) in [6, 6.07) is 0. The van der Waals surface area contributed by atoms with E-state index in [1.165, 1.54) is 0 Å². The molecule has 0 aromatic heterocycles. The van der Waals surface area contributed by atoms with Gasteiger partial charge < -0.3 is 14.8 Å². The van der Waals surface area contributed by atoms with Gasteiger partial charge in [-0.05, 0) is 40.0 Å². The lowest BCUT2D eigenvalue weighted by molar-refractivity contribution is 0.0269. The van der Waals surface area contributed by atoms with E-state index in [1.807, 2.05) is 20.8 Å². The second kappa shape index (κ2) is 3.89. The summed E-state index contributed by atoms with van der Waals surface area (Å²) in [5.41, 5.74) is 0.555. The molecular formula is C12H20N2O3. The topological polar surface area (TPSA) is 62.1 Å². The molecule has 1 aliphatic carbocycles. The maximum absolute atomic E-state index is 11.9. The normalized spacial score (nSPS) is 28.2. The van der Waals surface area contributed by atoms with Crippen molar-refractivity contribution in [1.29, 1.82) is 0 Å². The average molecular weight is 240 g/mol. The van der Waals surface area contributed by atoms with Crippen molar-refractivity contribution in [3.63, 3.8) is 0 Å². The van der Waals surface area contributed by atoms with Crippen molar-refractivity contribution in [2.75, 3.05) is 13.1 Å². The molecule has 5 nitrogen and oxygen atoms in total. The van der Waals surface area contributed by atoms with Gasteiger partial charge in [-0.1, -0.05) is 5.16 Å². The van der Waals surface area contributed by atoms with E-state index in [1.54, 1.807) is 4.90 Å². The lowest BCUT2D eigenvalue weighted by Gasteiger charge is -2.38. The summed E-state index contributed by atoms with van der Waals surface area (Å²) in [6.45, 7) is 7.08. The molecule has 1 amide bonds. The van der Waals surface area contributed by atoms with Gasteiger partial charge in [0.25, 0.3) is 0 Å². The fourth-order valence-electron chi connectivity index (χ4n) is 2.59. The predicted octanol–water partition coefficient (Wildman–Crippen LogP) is 2.24. The lowest BCUT2D eigenvalue weighted by atomic mass is 9.67. The zero-order valence-electron chi connectivity index (χ0n) is 10.7. The second-order valence-electron chi connectivity index (χ2n) is 6.17. The molecule has 2 fully saturated rings. The molecule has 1 N–H and O–H groups in total. The van der Waals surface area contributed by atoms with Gasteiger partial charge in [0.15, 0.2) is 0 Å². The number of nitrogens with zero attached hydrogens (tertiary/aromatic N) is 2. The number of hydrogen-bond donors (Lipinski definition) is 1. The Morgan fingerprint density at radius 3 is 2.65 bits per heavy atom. The van der Waals surface area contributed by atoms with Crippen LogP contribution in [0.2, 0.25) is 0 Å². The summed E-state index contributed by atoms with van der Waals surface area (Å²) in [7, 11) is 0. The van der Waals surface area contributed by atoms with Gasteiger partial charge >= 0.3 is 6.09 Å². The van der Waals surface area contributed by atoms with Crippen LogP contribution in [0.25, 0.3) is 0 Å². The highest BCUT2D eigenvalue weighted by Crippen LogP contribution is 2.46. The van der Waals surface area contributed by atoms with Gasteiger partial charge in [0.1, 0.15) is 5.60 Å². The van der Waals surface area contributed by atoms with Crippen LogP contribution in [-0.4, -0.2) is 40.6 Å². The summed E-state index contributed by atoms with van der Waals surface area (Å²) in [6.07, 6.45) is 2.36. The fourth-order valence-corrected chi connectivity index (χ4v) is 2.59. The molecule has 17 heavy (non-hydrogen) atoms. The Kier molecular flexibility index (Phi) is 2.79. The quantitative estimate of drug-likeness (QED) is 0.521. The molecule has 5 heteroatoms. The maximum Gasteiger partial charge on any atom is 0.410 e. The number of ether oxygens (including phenoxy) is 1. The minimum absolute atomic E-state index is 0.151. The molecule has 1 aliphatic heterocycles. The summed E-state index contributed by atoms with van der Waals surface area (Å²) in [5.74, 6) is 0. The van der Waals surface area contributed by atoms with Crippen LogP contribution in [0.15, 0.2) is 5.16 Å². The van der Waals surface area contributed by atoms with Gasteiger partial charge in [-0.3, -0.25) is 0 Å². The van der Waals surface area contributed by atoms with Gasteiger partial charge in [0, 0.05) is 18.5 Å². The first-order valence-electron chi connectivity index (χ1n) is 6.01. The molecule has 1 saturated carbocycles. The van der Waals surface area contributed by atoms with Gasteiger partial charge in [-0.25, -0.2) is 4.79 Å². The standard InChI is InChI=1S/C12H20N2O3/c1-11(2,3)17-10(15)14-5-4-12(8-14)6-9(7-12)13-16/h16H,4-8H2,1-3H3. The van der Waals surface area contributed by atoms with Crippen molar-refractivity contribution in [3.8, 4) is 0 Å². The third-order valence-corrected chi connectivity index (χ3v) is 3.39. The summed E-state index contributed by atoms with van der Waals surface area (Å²) < 4.78 is 5.34. The molecule has 0 atom stereocenters. The Labute approximate surface area is 101 Å². The number of carbonyl (C=O) groups excluding carboxylic acids is 1. The molecule has 2 rings (SSSR count).